The van der Waals surface area contributed by atoms with Crippen molar-refractivity contribution in [3.63, 3.8) is 0 Å². The first kappa shape index (κ1) is 17.8. The highest BCUT2D eigenvalue weighted by Gasteiger charge is 2.21. The predicted octanol–water partition coefficient (Wildman–Crippen LogP) is 4.38. The Labute approximate surface area is 152 Å². The number of rotatable bonds is 6. The van der Waals surface area contributed by atoms with Crippen molar-refractivity contribution in [1.82, 2.24) is 9.97 Å². The predicted molar refractivity (Wildman–Crippen MR) is 102 cm³/mol. The van der Waals surface area contributed by atoms with Crippen LogP contribution in [0.15, 0.2) is 47.4 Å². The number of aromatic nitrogens is 2. The number of halogens is 1. The monoisotopic (exact) mass is 377 g/mol. The molecule has 0 bridgehead atoms. The standard InChI is InChI=1S/C18H20ClN3O2S/c1-3-4-5-18-20-16-11-8-14(12-17(16)21-18)22(2)25(23,24)15-9-6-13(19)7-10-15/h6-12H,3-5H2,1-2H3,(H,20,21). The molecule has 1 heterocycles. The van der Waals surface area contributed by atoms with Gasteiger partial charge in [-0.1, -0.05) is 24.9 Å². The molecular formula is C18H20ClN3O2S. The van der Waals surface area contributed by atoms with E-state index in [1.165, 1.54) is 16.4 Å². The van der Waals surface area contributed by atoms with E-state index in [9.17, 15) is 8.42 Å². The summed E-state index contributed by atoms with van der Waals surface area (Å²) in [6.07, 6.45) is 3.06. The minimum Gasteiger partial charge on any atom is -0.342 e. The van der Waals surface area contributed by atoms with Gasteiger partial charge in [-0.15, -0.1) is 0 Å². The SMILES string of the molecule is CCCCc1nc2ccc(N(C)S(=O)(=O)c3ccc(Cl)cc3)cc2[nH]1. The first-order valence-electron chi connectivity index (χ1n) is 8.15. The Morgan fingerprint density at radius 3 is 2.56 bits per heavy atom. The van der Waals surface area contributed by atoms with Gasteiger partial charge >= 0.3 is 0 Å². The molecule has 25 heavy (non-hydrogen) atoms. The summed E-state index contributed by atoms with van der Waals surface area (Å²) >= 11 is 5.84. The lowest BCUT2D eigenvalue weighted by molar-refractivity contribution is 0.594. The van der Waals surface area contributed by atoms with Gasteiger partial charge in [-0.25, -0.2) is 13.4 Å². The Morgan fingerprint density at radius 2 is 1.88 bits per heavy atom. The van der Waals surface area contributed by atoms with Crippen molar-refractivity contribution < 1.29 is 8.42 Å². The van der Waals surface area contributed by atoms with Gasteiger partial charge in [-0.2, -0.15) is 0 Å². The second-order valence-electron chi connectivity index (χ2n) is 5.91. The molecule has 0 fully saturated rings. The van der Waals surface area contributed by atoms with Crippen molar-refractivity contribution in [3.05, 3.63) is 53.3 Å². The molecule has 0 aliphatic rings. The highest BCUT2D eigenvalue weighted by molar-refractivity contribution is 7.92. The third-order valence-corrected chi connectivity index (χ3v) is 6.17. The van der Waals surface area contributed by atoms with E-state index in [0.29, 0.717) is 10.7 Å². The lowest BCUT2D eigenvalue weighted by atomic mass is 10.2. The first-order chi connectivity index (χ1) is 11.9. The summed E-state index contributed by atoms with van der Waals surface area (Å²) < 4.78 is 26.8. The molecule has 3 rings (SSSR count). The number of aromatic amines is 1. The smallest absolute Gasteiger partial charge is 0.264 e. The van der Waals surface area contributed by atoms with Crippen LogP contribution in [0.4, 0.5) is 5.69 Å². The maximum absolute atomic E-state index is 12.8. The van der Waals surface area contributed by atoms with Gasteiger partial charge in [0.25, 0.3) is 10.0 Å². The molecule has 0 amide bonds. The molecule has 2 aromatic carbocycles. The van der Waals surface area contributed by atoms with E-state index < -0.39 is 10.0 Å². The van der Waals surface area contributed by atoms with E-state index in [4.69, 9.17) is 11.6 Å². The average Bonchev–Trinajstić information content (AvgIpc) is 3.01. The Balaban J connectivity index is 1.93. The van der Waals surface area contributed by atoms with Crippen molar-refractivity contribution in [2.24, 2.45) is 0 Å². The number of nitrogens with zero attached hydrogens (tertiary/aromatic N) is 2. The van der Waals surface area contributed by atoms with Crippen LogP contribution in [0.2, 0.25) is 5.02 Å². The van der Waals surface area contributed by atoms with Gasteiger partial charge in [0, 0.05) is 18.5 Å². The zero-order chi connectivity index (χ0) is 18.0. The largest absolute Gasteiger partial charge is 0.342 e. The summed E-state index contributed by atoms with van der Waals surface area (Å²) in [6.45, 7) is 2.14. The second kappa shape index (κ2) is 7.06. The van der Waals surface area contributed by atoms with Crippen LogP contribution in [0.25, 0.3) is 11.0 Å². The fourth-order valence-electron chi connectivity index (χ4n) is 2.61. The number of imidazole rings is 1. The van der Waals surface area contributed by atoms with Crippen molar-refractivity contribution in [1.29, 1.82) is 0 Å². The third kappa shape index (κ3) is 3.65. The zero-order valence-corrected chi connectivity index (χ0v) is 15.7. The molecule has 0 aliphatic carbocycles. The Kier molecular flexibility index (Phi) is 5.01. The van der Waals surface area contributed by atoms with Crippen molar-refractivity contribution in [2.45, 2.75) is 31.1 Å². The number of anilines is 1. The Hall–Kier alpha value is -2.05. The minimum atomic E-state index is -3.64. The molecule has 1 aromatic heterocycles. The molecule has 0 aliphatic heterocycles. The summed E-state index contributed by atoms with van der Waals surface area (Å²) in [5.41, 5.74) is 2.25. The summed E-state index contributed by atoms with van der Waals surface area (Å²) in [4.78, 5) is 8.02. The lowest BCUT2D eigenvalue weighted by Crippen LogP contribution is -2.26. The number of H-pyrrole nitrogens is 1. The summed E-state index contributed by atoms with van der Waals surface area (Å²) in [5.74, 6) is 0.928. The molecule has 0 spiro atoms. The van der Waals surface area contributed by atoms with Crippen LogP contribution in [0.5, 0.6) is 0 Å². The average molecular weight is 378 g/mol. The van der Waals surface area contributed by atoms with E-state index in [1.807, 2.05) is 12.1 Å². The van der Waals surface area contributed by atoms with E-state index in [-0.39, 0.29) is 4.90 Å². The van der Waals surface area contributed by atoms with Gasteiger partial charge in [-0.3, -0.25) is 4.31 Å². The Morgan fingerprint density at radius 1 is 1.16 bits per heavy atom. The summed E-state index contributed by atoms with van der Waals surface area (Å²) in [7, 11) is -2.10. The van der Waals surface area contributed by atoms with Crippen LogP contribution in [-0.4, -0.2) is 25.4 Å². The summed E-state index contributed by atoms with van der Waals surface area (Å²) in [6, 6.07) is 11.6. The normalized spacial score (nSPS) is 11.8. The molecule has 0 saturated heterocycles. The van der Waals surface area contributed by atoms with Gasteiger partial charge in [0.2, 0.25) is 0 Å². The van der Waals surface area contributed by atoms with Crippen molar-refractivity contribution in [2.75, 3.05) is 11.4 Å². The maximum Gasteiger partial charge on any atom is 0.264 e. The van der Waals surface area contributed by atoms with E-state index >= 15 is 0 Å². The van der Waals surface area contributed by atoms with Gasteiger partial charge in [0.05, 0.1) is 21.6 Å². The van der Waals surface area contributed by atoms with Crippen LogP contribution in [0, 0.1) is 0 Å². The van der Waals surface area contributed by atoms with Crippen LogP contribution >= 0.6 is 11.6 Å². The highest BCUT2D eigenvalue weighted by atomic mass is 35.5. The van der Waals surface area contributed by atoms with Gasteiger partial charge in [-0.05, 0) is 48.9 Å². The molecule has 3 aromatic rings. The molecule has 5 nitrogen and oxygen atoms in total. The minimum absolute atomic E-state index is 0.202. The molecule has 0 unspecified atom stereocenters. The van der Waals surface area contributed by atoms with Crippen LogP contribution in [0.1, 0.15) is 25.6 Å². The van der Waals surface area contributed by atoms with E-state index in [2.05, 4.69) is 16.9 Å². The molecule has 0 radical (unpaired) electrons. The molecule has 1 N–H and O–H groups in total. The fraction of sp³-hybridized carbons (Fsp3) is 0.278. The van der Waals surface area contributed by atoms with Crippen LogP contribution in [0.3, 0.4) is 0 Å². The van der Waals surface area contributed by atoms with Crippen molar-refractivity contribution in [3.8, 4) is 0 Å². The zero-order valence-electron chi connectivity index (χ0n) is 14.2. The number of hydrogen-bond donors (Lipinski definition) is 1. The number of benzene rings is 2. The second-order valence-corrected chi connectivity index (χ2v) is 8.32. The third-order valence-electron chi connectivity index (χ3n) is 4.12. The van der Waals surface area contributed by atoms with Crippen molar-refractivity contribution >= 4 is 38.3 Å². The highest BCUT2D eigenvalue weighted by Crippen LogP contribution is 2.26. The number of sulfonamides is 1. The Bertz CT molecular complexity index is 981. The van der Waals surface area contributed by atoms with E-state index in [1.54, 1.807) is 25.2 Å². The molecule has 132 valence electrons. The lowest BCUT2D eigenvalue weighted by Gasteiger charge is -2.19. The first-order valence-corrected chi connectivity index (χ1v) is 9.97. The number of nitrogens with one attached hydrogen (secondary N) is 1. The molecular weight excluding hydrogens is 358 g/mol. The number of unbranched alkanes of at least 4 members (excludes halogenated alkanes) is 1. The summed E-state index contributed by atoms with van der Waals surface area (Å²) in [5, 5.41) is 0.500. The van der Waals surface area contributed by atoms with Gasteiger partial charge < -0.3 is 4.98 Å². The molecule has 0 atom stereocenters. The number of fused-ring (bicyclic) bond motifs is 1. The van der Waals surface area contributed by atoms with Crippen LogP contribution < -0.4 is 4.31 Å². The van der Waals surface area contributed by atoms with Gasteiger partial charge in [0.15, 0.2) is 0 Å². The number of aryl methyl sites for hydroxylation is 1. The maximum atomic E-state index is 12.8. The molecule has 0 saturated carbocycles. The quantitative estimate of drug-likeness (QED) is 0.693. The van der Waals surface area contributed by atoms with E-state index in [0.717, 1.165) is 36.1 Å². The van der Waals surface area contributed by atoms with Crippen LogP contribution in [-0.2, 0) is 16.4 Å². The fourth-order valence-corrected chi connectivity index (χ4v) is 3.93. The topological polar surface area (TPSA) is 66.1 Å². The molecule has 7 heteroatoms. The number of hydrogen-bond acceptors (Lipinski definition) is 3. The van der Waals surface area contributed by atoms with Gasteiger partial charge in [0.1, 0.15) is 5.82 Å².